The second kappa shape index (κ2) is 6.72. The van der Waals surface area contributed by atoms with Crippen LogP contribution in [-0.4, -0.2) is 13.1 Å². The van der Waals surface area contributed by atoms with Crippen LogP contribution in [0.25, 0.3) is 0 Å². The van der Waals surface area contributed by atoms with Crippen LogP contribution in [-0.2, 0) is 11.3 Å². The number of hydrogen-bond donors (Lipinski definition) is 0. The van der Waals surface area contributed by atoms with E-state index in [-0.39, 0.29) is 5.82 Å². The molecular formula is C16H14BrFO3. The van der Waals surface area contributed by atoms with Gasteiger partial charge in [0.05, 0.1) is 12.7 Å². The van der Waals surface area contributed by atoms with E-state index in [1.807, 2.05) is 0 Å². The van der Waals surface area contributed by atoms with Gasteiger partial charge >= 0.3 is 5.97 Å². The first-order chi connectivity index (χ1) is 10.0. The van der Waals surface area contributed by atoms with E-state index in [1.165, 1.54) is 13.2 Å². The number of rotatable bonds is 4. The number of benzene rings is 2. The average molecular weight is 353 g/mol. The Morgan fingerprint density at radius 2 is 2.00 bits per heavy atom. The molecule has 5 heteroatoms. The molecule has 2 aromatic rings. The summed E-state index contributed by atoms with van der Waals surface area (Å²) in [7, 11) is 1.34. The van der Waals surface area contributed by atoms with Crippen molar-refractivity contribution in [2.45, 2.75) is 13.5 Å². The molecule has 0 fully saturated rings. The Hall–Kier alpha value is -1.88. The standard InChI is InChI=1S/C16H14BrFO3/c1-10-7-13(5-6-15(10)18)21-9-12-4-3-11(8-14(12)17)16(19)20-2/h3-8H,9H2,1-2H3. The van der Waals surface area contributed by atoms with Gasteiger partial charge in [0, 0.05) is 10.0 Å². The van der Waals surface area contributed by atoms with Gasteiger partial charge in [-0.05, 0) is 42.8 Å². The summed E-state index contributed by atoms with van der Waals surface area (Å²) in [5.41, 5.74) is 1.88. The number of methoxy groups -OCH3 is 1. The van der Waals surface area contributed by atoms with E-state index in [1.54, 1.807) is 37.3 Å². The maximum absolute atomic E-state index is 13.2. The van der Waals surface area contributed by atoms with Crippen molar-refractivity contribution < 1.29 is 18.7 Å². The maximum Gasteiger partial charge on any atom is 0.337 e. The maximum atomic E-state index is 13.2. The van der Waals surface area contributed by atoms with Crippen molar-refractivity contribution in [1.29, 1.82) is 0 Å². The second-order valence-corrected chi connectivity index (χ2v) is 5.35. The first kappa shape index (κ1) is 15.5. The Kier molecular flexibility index (Phi) is 4.96. The monoisotopic (exact) mass is 352 g/mol. The minimum absolute atomic E-state index is 0.258. The number of hydrogen-bond acceptors (Lipinski definition) is 3. The summed E-state index contributed by atoms with van der Waals surface area (Å²) in [5, 5.41) is 0. The van der Waals surface area contributed by atoms with Crippen molar-refractivity contribution in [3.63, 3.8) is 0 Å². The van der Waals surface area contributed by atoms with E-state index in [4.69, 9.17) is 4.74 Å². The van der Waals surface area contributed by atoms with Gasteiger partial charge in [-0.2, -0.15) is 0 Å². The number of carbonyl (C=O) groups excluding carboxylic acids is 1. The summed E-state index contributed by atoms with van der Waals surface area (Å²) in [5.74, 6) is -0.0545. The molecule has 0 saturated heterocycles. The third-order valence-electron chi connectivity index (χ3n) is 3.00. The molecule has 0 radical (unpaired) electrons. The van der Waals surface area contributed by atoms with E-state index in [9.17, 15) is 9.18 Å². The zero-order valence-electron chi connectivity index (χ0n) is 11.7. The fraction of sp³-hybridized carbons (Fsp3) is 0.188. The van der Waals surface area contributed by atoms with Crippen LogP contribution in [0.5, 0.6) is 5.75 Å². The van der Waals surface area contributed by atoms with Crippen LogP contribution in [0.3, 0.4) is 0 Å². The molecule has 0 aliphatic carbocycles. The molecule has 2 rings (SSSR count). The van der Waals surface area contributed by atoms with Crippen molar-refractivity contribution in [1.82, 2.24) is 0 Å². The molecular weight excluding hydrogens is 339 g/mol. The lowest BCUT2D eigenvalue weighted by molar-refractivity contribution is 0.0600. The predicted octanol–water partition coefficient (Wildman–Crippen LogP) is 4.26. The van der Waals surface area contributed by atoms with Gasteiger partial charge in [0.2, 0.25) is 0 Å². The third-order valence-corrected chi connectivity index (χ3v) is 3.74. The van der Waals surface area contributed by atoms with E-state index in [2.05, 4.69) is 20.7 Å². The van der Waals surface area contributed by atoms with Crippen molar-refractivity contribution in [3.8, 4) is 5.75 Å². The smallest absolute Gasteiger partial charge is 0.337 e. The normalized spacial score (nSPS) is 10.3. The zero-order chi connectivity index (χ0) is 15.4. The van der Waals surface area contributed by atoms with E-state index >= 15 is 0 Å². The van der Waals surface area contributed by atoms with Crippen molar-refractivity contribution in [3.05, 3.63) is 63.4 Å². The van der Waals surface area contributed by atoms with Gasteiger partial charge in [-0.25, -0.2) is 9.18 Å². The van der Waals surface area contributed by atoms with E-state index in [0.29, 0.717) is 23.5 Å². The Morgan fingerprint density at radius 3 is 2.62 bits per heavy atom. The second-order valence-electron chi connectivity index (χ2n) is 4.50. The summed E-state index contributed by atoms with van der Waals surface area (Å²) in [4.78, 5) is 11.4. The van der Waals surface area contributed by atoms with Gasteiger partial charge in [-0.3, -0.25) is 0 Å². The van der Waals surface area contributed by atoms with Crippen LogP contribution in [0.4, 0.5) is 4.39 Å². The molecule has 21 heavy (non-hydrogen) atoms. The first-order valence-corrected chi connectivity index (χ1v) is 7.06. The van der Waals surface area contributed by atoms with Crippen molar-refractivity contribution in [2.24, 2.45) is 0 Å². The SMILES string of the molecule is COC(=O)c1ccc(COc2ccc(F)c(C)c2)c(Br)c1. The molecule has 0 atom stereocenters. The van der Waals surface area contributed by atoms with E-state index in [0.717, 1.165) is 10.0 Å². The summed E-state index contributed by atoms with van der Waals surface area (Å²) in [6.45, 7) is 2.00. The topological polar surface area (TPSA) is 35.5 Å². The van der Waals surface area contributed by atoms with Crippen molar-refractivity contribution >= 4 is 21.9 Å². The molecule has 0 aliphatic heterocycles. The number of halogens is 2. The number of aryl methyl sites for hydroxylation is 1. The lowest BCUT2D eigenvalue weighted by atomic mass is 10.1. The van der Waals surface area contributed by atoms with Crippen LogP contribution in [0.2, 0.25) is 0 Å². The first-order valence-electron chi connectivity index (χ1n) is 6.27. The average Bonchev–Trinajstić information content (AvgIpc) is 2.48. The van der Waals surface area contributed by atoms with Crippen LogP contribution in [0.15, 0.2) is 40.9 Å². The van der Waals surface area contributed by atoms with Crippen LogP contribution in [0.1, 0.15) is 21.5 Å². The molecule has 3 nitrogen and oxygen atoms in total. The molecule has 2 aromatic carbocycles. The number of carbonyl (C=O) groups is 1. The van der Waals surface area contributed by atoms with E-state index < -0.39 is 5.97 Å². The van der Waals surface area contributed by atoms with Crippen LogP contribution < -0.4 is 4.74 Å². The van der Waals surface area contributed by atoms with Gasteiger partial charge in [-0.15, -0.1) is 0 Å². The highest BCUT2D eigenvalue weighted by atomic mass is 79.9. The molecule has 0 saturated carbocycles. The lowest BCUT2D eigenvalue weighted by Crippen LogP contribution is -2.03. The highest BCUT2D eigenvalue weighted by Gasteiger charge is 2.09. The molecule has 0 amide bonds. The van der Waals surface area contributed by atoms with Gasteiger partial charge in [0.1, 0.15) is 18.2 Å². The molecule has 0 bridgehead atoms. The highest BCUT2D eigenvalue weighted by Crippen LogP contribution is 2.22. The van der Waals surface area contributed by atoms with Gasteiger partial charge in [0.25, 0.3) is 0 Å². The summed E-state index contributed by atoms with van der Waals surface area (Å²) < 4.78 is 24.2. The summed E-state index contributed by atoms with van der Waals surface area (Å²) >= 11 is 3.40. The minimum Gasteiger partial charge on any atom is -0.489 e. The Balaban J connectivity index is 2.09. The van der Waals surface area contributed by atoms with Crippen molar-refractivity contribution in [2.75, 3.05) is 7.11 Å². The summed E-state index contributed by atoms with van der Waals surface area (Å²) in [6.07, 6.45) is 0. The van der Waals surface area contributed by atoms with Crippen LogP contribution in [0, 0.1) is 12.7 Å². The third kappa shape index (κ3) is 3.82. The molecule has 0 N–H and O–H groups in total. The summed E-state index contributed by atoms with van der Waals surface area (Å²) in [6, 6.07) is 9.74. The van der Waals surface area contributed by atoms with Gasteiger partial charge < -0.3 is 9.47 Å². The molecule has 110 valence electrons. The van der Waals surface area contributed by atoms with Gasteiger partial charge in [-0.1, -0.05) is 22.0 Å². The van der Waals surface area contributed by atoms with Crippen LogP contribution >= 0.6 is 15.9 Å². The number of esters is 1. The van der Waals surface area contributed by atoms with Gasteiger partial charge in [0.15, 0.2) is 0 Å². The fourth-order valence-electron chi connectivity index (χ4n) is 1.78. The minimum atomic E-state index is -0.391. The number of ether oxygens (including phenoxy) is 2. The Labute approximate surface area is 130 Å². The molecule has 0 aliphatic rings. The highest BCUT2D eigenvalue weighted by molar-refractivity contribution is 9.10. The Bertz CT molecular complexity index is 671. The Morgan fingerprint density at radius 1 is 1.24 bits per heavy atom. The largest absolute Gasteiger partial charge is 0.489 e. The lowest BCUT2D eigenvalue weighted by Gasteiger charge is -2.10. The molecule has 0 heterocycles. The molecule has 0 aromatic heterocycles. The molecule has 0 unspecified atom stereocenters. The zero-order valence-corrected chi connectivity index (χ0v) is 13.2. The predicted molar refractivity (Wildman–Crippen MR) is 81.0 cm³/mol. The fourth-order valence-corrected chi connectivity index (χ4v) is 2.27. The molecule has 0 spiro atoms. The quantitative estimate of drug-likeness (QED) is 0.771.